The summed E-state index contributed by atoms with van der Waals surface area (Å²) in [6.07, 6.45) is -2.93. The van der Waals surface area contributed by atoms with Crippen molar-refractivity contribution in [3.63, 3.8) is 0 Å². The second-order valence-corrected chi connectivity index (χ2v) is 5.99. The minimum absolute atomic E-state index is 0.245. The number of halogens is 3. The van der Waals surface area contributed by atoms with Gasteiger partial charge >= 0.3 is 6.18 Å². The maximum Gasteiger partial charge on any atom is 0.417 e. The van der Waals surface area contributed by atoms with Crippen molar-refractivity contribution in [3.8, 4) is 0 Å². The standard InChI is InChI=1S/C13H15F3N2O2S/c14-13(15,16)11-7-9(1-2-10(11)12(17)18-19)21-8-3-5-20-6-4-8/h1-2,7-8,19H,3-6H2,(H2,17,18). The molecule has 3 N–H and O–H groups in total. The first-order chi connectivity index (χ1) is 9.91. The molecule has 0 amide bonds. The summed E-state index contributed by atoms with van der Waals surface area (Å²) in [5, 5.41) is 11.5. The fourth-order valence-electron chi connectivity index (χ4n) is 2.09. The van der Waals surface area contributed by atoms with E-state index < -0.39 is 17.6 Å². The summed E-state index contributed by atoms with van der Waals surface area (Å²) < 4.78 is 44.5. The number of ether oxygens (including phenoxy) is 1. The van der Waals surface area contributed by atoms with Gasteiger partial charge in [-0.2, -0.15) is 13.2 Å². The molecule has 0 bridgehead atoms. The Morgan fingerprint density at radius 1 is 1.33 bits per heavy atom. The molecule has 4 nitrogen and oxygen atoms in total. The number of thioether (sulfide) groups is 1. The molecule has 8 heteroatoms. The fourth-order valence-corrected chi connectivity index (χ4v) is 3.24. The number of alkyl halides is 3. The van der Waals surface area contributed by atoms with Gasteiger partial charge in [0.1, 0.15) is 0 Å². The quantitative estimate of drug-likeness (QED) is 0.389. The first-order valence-corrected chi connectivity index (χ1v) is 7.23. The number of nitrogens with zero attached hydrogens (tertiary/aromatic N) is 1. The molecule has 0 aromatic heterocycles. The number of oxime groups is 1. The van der Waals surface area contributed by atoms with Crippen LogP contribution in [-0.4, -0.2) is 29.5 Å². The summed E-state index contributed by atoms with van der Waals surface area (Å²) in [7, 11) is 0. The van der Waals surface area contributed by atoms with Gasteiger partial charge in [0.15, 0.2) is 5.84 Å². The van der Waals surface area contributed by atoms with E-state index >= 15 is 0 Å². The minimum atomic E-state index is -4.56. The third kappa shape index (κ3) is 4.04. The third-order valence-corrected chi connectivity index (χ3v) is 4.48. The monoisotopic (exact) mass is 320 g/mol. The van der Waals surface area contributed by atoms with E-state index in [1.807, 2.05) is 0 Å². The molecular weight excluding hydrogens is 305 g/mol. The lowest BCUT2D eigenvalue weighted by Crippen LogP contribution is -2.20. The van der Waals surface area contributed by atoms with E-state index in [0.29, 0.717) is 18.1 Å². The van der Waals surface area contributed by atoms with Gasteiger partial charge in [0, 0.05) is 28.9 Å². The lowest BCUT2D eigenvalue weighted by atomic mass is 10.1. The molecule has 21 heavy (non-hydrogen) atoms. The molecule has 1 aliphatic heterocycles. The fraction of sp³-hybridized carbons (Fsp3) is 0.462. The number of hydrogen-bond acceptors (Lipinski definition) is 4. The normalized spacial score (nSPS) is 18.0. The molecule has 1 saturated heterocycles. The largest absolute Gasteiger partial charge is 0.417 e. The average Bonchev–Trinajstić information content (AvgIpc) is 2.46. The van der Waals surface area contributed by atoms with Crippen molar-refractivity contribution < 1.29 is 23.1 Å². The number of rotatable bonds is 3. The third-order valence-electron chi connectivity index (χ3n) is 3.15. The second-order valence-electron chi connectivity index (χ2n) is 4.62. The van der Waals surface area contributed by atoms with Gasteiger partial charge in [-0.1, -0.05) is 5.16 Å². The van der Waals surface area contributed by atoms with Gasteiger partial charge in [0.2, 0.25) is 0 Å². The van der Waals surface area contributed by atoms with Crippen LogP contribution in [0.2, 0.25) is 0 Å². The van der Waals surface area contributed by atoms with Crippen LogP contribution in [-0.2, 0) is 10.9 Å². The van der Waals surface area contributed by atoms with Crippen LogP contribution < -0.4 is 5.73 Å². The highest BCUT2D eigenvalue weighted by molar-refractivity contribution is 8.00. The minimum Gasteiger partial charge on any atom is -0.409 e. The van der Waals surface area contributed by atoms with Crippen molar-refractivity contribution >= 4 is 17.6 Å². The molecular formula is C13H15F3N2O2S. The lowest BCUT2D eigenvalue weighted by molar-refractivity contribution is -0.137. The zero-order valence-corrected chi connectivity index (χ0v) is 11.9. The molecule has 116 valence electrons. The van der Waals surface area contributed by atoms with E-state index in [1.54, 1.807) is 6.07 Å². The molecule has 0 unspecified atom stereocenters. The van der Waals surface area contributed by atoms with Gasteiger partial charge in [0.05, 0.1) is 5.56 Å². The van der Waals surface area contributed by atoms with Crippen molar-refractivity contribution in [2.75, 3.05) is 13.2 Å². The summed E-state index contributed by atoms with van der Waals surface area (Å²) in [6.45, 7) is 1.26. The molecule has 1 aromatic rings. The molecule has 1 heterocycles. The first kappa shape index (κ1) is 16.0. The SMILES string of the molecule is NC(=NO)c1ccc(SC2CCOCC2)cc1C(F)(F)F. The van der Waals surface area contributed by atoms with Gasteiger partial charge in [-0.15, -0.1) is 11.8 Å². The van der Waals surface area contributed by atoms with E-state index in [2.05, 4.69) is 5.16 Å². The Hall–Kier alpha value is -1.41. The Kier molecular flexibility index (Phi) is 5.00. The maximum atomic E-state index is 13.1. The molecule has 0 spiro atoms. The smallest absolute Gasteiger partial charge is 0.409 e. The van der Waals surface area contributed by atoms with E-state index in [1.165, 1.54) is 17.8 Å². The van der Waals surface area contributed by atoms with Crippen LogP contribution in [0.25, 0.3) is 0 Å². The van der Waals surface area contributed by atoms with E-state index in [4.69, 9.17) is 15.7 Å². The highest BCUT2D eigenvalue weighted by Crippen LogP contribution is 2.37. The average molecular weight is 320 g/mol. The maximum absolute atomic E-state index is 13.1. The van der Waals surface area contributed by atoms with Crippen LogP contribution in [0, 0.1) is 0 Å². The number of amidine groups is 1. The van der Waals surface area contributed by atoms with E-state index in [-0.39, 0.29) is 10.8 Å². The van der Waals surface area contributed by atoms with Gasteiger partial charge in [-0.05, 0) is 31.0 Å². The molecule has 0 saturated carbocycles. The van der Waals surface area contributed by atoms with Crippen molar-refractivity contribution in [2.24, 2.45) is 10.9 Å². The zero-order valence-electron chi connectivity index (χ0n) is 11.1. The van der Waals surface area contributed by atoms with Gasteiger partial charge in [-0.25, -0.2) is 0 Å². The van der Waals surface area contributed by atoms with Gasteiger partial charge in [-0.3, -0.25) is 0 Å². The Bertz CT molecular complexity index is 529. The predicted octanol–water partition coefficient (Wildman–Crippen LogP) is 3.07. The lowest BCUT2D eigenvalue weighted by Gasteiger charge is -2.22. The molecule has 1 fully saturated rings. The highest BCUT2D eigenvalue weighted by Gasteiger charge is 2.35. The Balaban J connectivity index is 2.28. The van der Waals surface area contributed by atoms with Crippen LogP contribution in [0.3, 0.4) is 0 Å². The summed E-state index contributed by atoms with van der Waals surface area (Å²) in [4.78, 5) is 0.517. The Morgan fingerprint density at radius 2 is 2.00 bits per heavy atom. The van der Waals surface area contributed by atoms with Crippen molar-refractivity contribution in [1.82, 2.24) is 0 Å². The summed E-state index contributed by atoms with van der Waals surface area (Å²) in [5.74, 6) is -0.551. The molecule has 0 radical (unpaired) electrons. The second kappa shape index (κ2) is 6.57. The summed E-state index contributed by atoms with van der Waals surface area (Å²) >= 11 is 1.40. The molecule has 2 rings (SSSR count). The first-order valence-electron chi connectivity index (χ1n) is 6.35. The highest BCUT2D eigenvalue weighted by atomic mass is 32.2. The van der Waals surface area contributed by atoms with Gasteiger partial charge < -0.3 is 15.7 Å². The topological polar surface area (TPSA) is 67.8 Å². The van der Waals surface area contributed by atoms with Crippen LogP contribution in [0.15, 0.2) is 28.3 Å². The van der Waals surface area contributed by atoms with Crippen molar-refractivity contribution in [3.05, 3.63) is 29.3 Å². The summed E-state index contributed by atoms with van der Waals surface area (Å²) in [6, 6.07) is 3.84. The van der Waals surface area contributed by atoms with Crippen molar-refractivity contribution in [2.45, 2.75) is 29.2 Å². The molecule has 0 aliphatic carbocycles. The van der Waals surface area contributed by atoms with Crippen LogP contribution in [0.1, 0.15) is 24.0 Å². The van der Waals surface area contributed by atoms with Crippen molar-refractivity contribution in [1.29, 1.82) is 0 Å². The van der Waals surface area contributed by atoms with E-state index in [9.17, 15) is 13.2 Å². The number of benzene rings is 1. The van der Waals surface area contributed by atoms with Crippen LogP contribution in [0.4, 0.5) is 13.2 Å². The molecule has 1 aliphatic rings. The Morgan fingerprint density at radius 3 is 2.57 bits per heavy atom. The van der Waals surface area contributed by atoms with Gasteiger partial charge in [0.25, 0.3) is 0 Å². The summed E-state index contributed by atoms with van der Waals surface area (Å²) in [5.41, 5.74) is 4.09. The van der Waals surface area contributed by atoms with Crippen LogP contribution in [0.5, 0.6) is 0 Å². The predicted molar refractivity (Wildman–Crippen MR) is 73.7 cm³/mol. The molecule has 0 atom stereocenters. The van der Waals surface area contributed by atoms with Crippen LogP contribution >= 0.6 is 11.8 Å². The van der Waals surface area contributed by atoms with E-state index in [0.717, 1.165) is 18.9 Å². The molecule has 1 aromatic carbocycles. The Labute approximate surface area is 124 Å². The number of nitrogens with two attached hydrogens (primary N) is 1. The number of hydrogen-bond donors (Lipinski definition) is 2. The zero-order chi connectivity index (χ0) is 15.5.